The lowest BCUT2D eigenvalue weighted by Crippen LogP contribution is -2.40. The largest absolute Gasteiger partial charge is 0.467 e. The van der Waals surface area contributed by atoms with Crippen molar-refractivity contribution in [3.63, 3.8) is 0 Å². The minimum Gasteiger partial charge on any atom is -0.467 e. The van der Waals surface area contributed by atoms with Crippen LogP contribution in [-0.4, -0.2) is 29.7 Å². The number of nitrogens with one attached hydrogen (secondary N) is 1. The quantitative estimate of drug-likeness (QED) is 0.843. The third-order valence-corrected chi connectivity index (χ3v) is 3.08. The van der Waals surface area contributed by atoms with Gasteiger partial charge in [0.1, 0.15) is 0 Å². The Morgan fingerprint density at radius 2 is 1.89 bits per heavy atom. The topological polar surface area (TPSA) is 47.0 Å². The predicted octanol–water partition coefficient (Wildman–Crippen LogP) is 2.44. The number of ether oxygens (including phenoxy) is 1. The first kappa shape index (κ1) is 14.9. The van der Waals surface area contributed by atoms with Gasteiger partial charge >= 0.3 is 6.01 Å². The lowest BCUT2D eigenvalue weighted by molar-refractivity contribution is 0.258. The molecule has 4 heteroatoms. The number of aromatic nitrogens is 2. The molecule has 0 spiro atoms. The molecule has 0 saturated heterocycles. The number of nitrogens with zero attached hydrogens (tertiary/aromatic N) is 2. The third-order valence-electron chi connectivity index (χ3n) is 3.08. The molecule has 0 aliphatic heterocycles. The summed E-state index contributed by atoms with van der Waals surface area (Å²) in [7, 11) is 1.58. The highest BCUT2D eigenvalue weighted by atomic mass is 16.5. The van der Waals surface area contributed by atoms with Gasteiger partial charge in [-0.1, -0.05) is 27.7 Å². The molecule has 1 unspecified atom stereocenters. The fourth-order valence-corrected chi connectivity index (χ4v) is 1.98. The Hall–Kier alpha value is -1.16. The molecule has 0 aliphatic carbocycles. The Morgan fingerprint density at radius 3 is 2.33 bits per heavy atom. The van der Waals surface area contributed by atoms with Crippen molar-refractivity contribution in [1.82, 2.24) is 15.3 Å². The van der Waals surface area contributed by atoms with Crippen molar-refractivity contribution in [1.29, 1.82) is 0 Å². The van der Waals surface area contributed by atoms with E-state index < -0.39 is 0 Å². The van der Waals surface area contributed by atoms with E-state index in [9.17, 15) is 0 Å². The highest BCUT2D eigenvalue weighted by Crippen LogP contribution is 2.23. The fourth-order valence-electron chi connectivity index (χ4n) is 1.98. The van der Waals surface area contributed by atoms with Crippen LogP contribution in [0.3, 0.4) is 0 Å². The Labute approximate surface area is 110 Å². The standard InChI is InChI=1S/C14H25N3O/c1-6-15-12(14(2,3)4)8-7-11-9-16-13(18-5)17-10-11/h9-10,12,15H,6-8H2,1-5H3. The summed E-state index contributed by atoms with van der Waals surface area (Å²) in [5, 5.41) is 3.55. The van der Waals surface area contributed by atoms with E-state index in [0.29, 0.717) is 12.1 Å². The highest BCUT2D eigenvalue weighted by molar-refractivity contribution is 5.08. The molecule has 1 atom stereocenters. The maximum absolute atomic E-state index is 4.95. The van der Waals surface area contributed by atoms with Crippen LogP contribution in [0.2, 0.25) is 0 Å². The zero-order valence-corrected chi connectivity index (χ0v) is 12.2. The van der Waals surface area contributed by atoms with Crippen LogP contribution in [0.25, 0.3) is 0 Å². The minimum atomic E-state index is 0.267. The molecule has 0 aromatic carbocycles. The number of methoxy groups -OCH3 is 1. The molecule has 0 saturated carbocycles. The SMILES string of the molecule is CCNC(CCc1cnc(OC)nc1)C(C)(C)C. The van der Waals surface area contributed by atoms with Crippen molar-refractivity contribution < 1.29 is 4.74 Å². The monoisotopic (exact) mass is 251 g/mol. The molecule has 102 valence electrons. The molecule has 0 bridgehead atoms. The van der Waals surface area contributed by atoms with Gasteiger partial charge in [0, 0.05) is 18.4 Å². The third kappa shape index (κ3) is 4.61. The summed E-state index contributed by atoms with van der Waals surface area (Å²) >= 11 is 0. The molecular formula is C14H25N3O. The zero-order chi connectivity index (χ0) is 13.6. The molecule has 0 aliphatic rings. The molecule has 0 amide bonds. The summed E-state index contributed by atoms with van der Waals surface area (Å²) in [5.74, 6) is 0. The van der Waals surface area contributed by atoms with Crippen LogP contribution in [0.15, 0.2) is 12.4 Å². The number of rotatable bonds is 6. The molecule has 18 heavy (non-hydrogen) atoms. The van der Waals surface area contributed by atoms with Crippen LogP contribution >= 0.6 is 0 Å². The van der Waals surface area contributed by atoms with Gasteiger partial charge in [0.05, 0.1) is 7.11 Å². The second kappa shape index (κ2) is 6.69. The number of aryl methyl sites for hydroxylation is 1. The van der Waals surface area contributed by atoms with Crippen molar-refractivity contribution in [3.8, 4) is 6.01 Å². The van der Waals surface area contributed by atoms with Crippen LogP contribution in [0.4, 0.5) is 0 Å². The van der Waals surface area contributed by atoms with Gasteiger partial charge in [0.15, 0.2) is 0 Å². The van der Waals surface area contributed by atoms with Crippen molar-refractivity contribution in [3.05, 3.63) is 18.0 Å². The normalized spacial score (nSPS) is 13.4. The second-order valence-electron chi connectivity index (χ2n) is 5.59. The summed E-state index contributed by atoms with van der Waals surface area (Å²) in [6.07, 6.45) is 5.76. The Kier molecular flexibility index (Phi) is 5.54. The van der Waals surface area contributed by atoms with Gasteiger partial charge in [-0.05, 0) is 30.4 Å². The van der Waals surface area contributed by atoms with Crippen LogP contribution in [0.5, 0.6) is 6.01 Å². The van der Waals surface area contributed by atoms with E-state index in [1.54, 1.807) is 7.11 Å². The highest BCUT2D eigenvalue weighted by Gasteiger charge is 2.23. The minimum absolute atomic E-state index is 0.267. The van der Waals surface area contributed by atoms with Crippen LogP contribution in [0.1, 0.15) is 39.7 Å². The van der Waals surface area contributed by atoms with Gasteiger partial charge in [0.25, 0.3) is 0 Å². The van der Waals surface area contributed by atoms with Crippen molar-refractivity contribution >= 4 is 0 Å². The average molecular weight is 251 g/mol. The van der Waals surface area contributed by atoms with Gasteiger partial charge in [-0.3, -0.25) is 0 Å². The lowest BCUT2D eigenvalue weighted by atomic mass is 9.83. The number of hydrogen-bond donors (Lipinski definition) is 1. The smallest absolute Gasteiger partial charge is 0.316 e. The molecule has 1 aromatic rings. The van der Waals surface area contributed by atoms with Crippen LogP contribution in [0, 0.1) is 5.41 Å². The molecule has 1 aromatic heterocycles. The Bertz CT molecular complexity index is 343. The van der Waals surface area contributed by atoms with Crippen molar-refractivity contribution in [2.24, 2.45) is 5.41 Å². The van der Waals surface area contributed by atoms with E-state index >= 15 is 0 Å². The average Bonchev–Trinajstić information content (AvgIpc) is 2.33. The van der Waals surface area contributed by atoms with E-state index in [0.717, 1.165) is 24.9 Å². The maximum Gasteiger partial charge on any atom is 0.316 e. The summed E-state index contributed by atoms with van der Waals surface area (Å²) in [4.78, 5) is 8.26. The van der Waals surface area contributed by atoms with Gasteiger partial charge in [0.2, 0.25) is 0 Å². The first-order valence-electron chi connectivity index (χ1n) is 6.55. The summed E-state index contributed by atoms with van der Waals surface area (Å²) < 4.78 is 4.95. The van der Waals surface area contributed by atoms with E-state index in [1.807, 2.05) is 12.4 Å². The van der Waals surface area contributed by atoms with Gasteiger partial charge in [-0.25, -0.2) is 9.97 Å². The summed E-state index contributed by atoms with van der Waals surface area (Å²) in [6.45, 7) is 9.96. The Morgan fingerprint density at radius 1 is 1.28 bits per heavy atom. The molecule has 1 rings (SSSR count). The van der Waals surface area contributed by atoms with E-state index in [4.69, 9.17) is 4.74 Å². The van der Waals surface area contributed by atoms with Crippen LogP contribution < -0.4 is 10.1 Å². The molecular weight excluding hydrogens is 226 g/mol. The van der Waals surface area contributed by atoms with Gasteiger partial charge < -0.3 is 10.1 Å². The summed E-state index contributed by atoms with van der Waals surface area (Å²) in [5.41, 5.74) is 1.42. The molecule has 0 radical (unpaired) electrons. The molecule has 1 N–H and O–H groups in total. The van der Waals surface area contributed by atoms with E-state index in [1.165, 1.54) is 0 Å². The van der Waals surface area contributed by atoms with Crippen LogP contribution in [-0.2, 0) is 6.42 Å². The first-order chi connectivity index (χ1) is 8.47. The zero-order valence-electron chi connectivity index (χ0n) is 12.2. The summed E-state index contributed by atoms with van der Waals surface area (Å²) in [6, 6.07) is 0.933. The second-order valence-corrected chi connectivity index (χ2v) is 5.59. The maximum atomic E-state index is 4.95. The van der Waals surface area contributed by atoms with E-state index in [2.05, 4.69) is 43.0 Å². The van der Waals surface area contributed by atoms with Crippen molar-refractivity contribution in [2.75, 3.05) is 13.7 Å². The van der Waals surface area contributed by atoms with Gasteiger partial charge in [-0.2, -0.15) is 0 Å². The molecule has 0 fully saturated rings. The van der Waals surface area contributed by atoms with E-state index in [-0.39, 0.29) is 5.41 Å². The molecule has 1 heterocycles. The molecule has 4 nitrogen and oxygen atoms in total. The lowest BCUT2D eigenvalue weighted by Gasteiger charge is -2.31. The first-order valence-corrected chi connectivity index (χ1v) is 6.55. The van der Waals surface area contributed by atoms with Gasteiger partial charge in [-0.15, -0.1) is 0 Å². The predicted molar refractivity (Wildman–Crippen MR) is 73.8 cm³/mol. The Balaban J connectivity index is 2.55. The van der Waals surface area contributed by atoms with Crippen molar-refractivity contribution in [2.45, 2.75) is 46.6 Å². The number of hydrogen-bond acceptors (Lipinski definition) is 4. The fraction of sp³-hybridized carbons (Fsp3) is 0.714.